The summed E-state index contributed by atoms with van der Waals surface area (Å²) in [6.07, 6.45) is 1.52. The Morgan fingerprint density at radius 3 is 2.44 bits per heavy atom. The minimum Gasteiger partial charge on any atom is -0.461 e. The fourth-order valence-corrected chi connectivity index (χ4v) is 3.42. The van der Waals surface area contributed by atoms with E-state index in [9.17, 15) is 13.2 Å². The zero-order chi connectivity index (χ0) is 18.8. The van der Waals surface area contributed by atoms with Gasteiger partial charge in [-0.3, -0.25) is 4.57 Å². The lowest BCUT2D eigenvalue weighted by Crippen LogP contribution is -1.99. The molecule has 0 saturated heterocycles. The summed E-state index contributed by atoms with van der Waals surface area (Å²) in [5.74, 6) is -0.828. The van der Waals surface area contributed by atoms with E-state index < -0.39 is 11.6 Å². The van der Waals surface area contributed by atoms with Crippen LogP contribution >= 0.6 is 11.8 Å². The summed E-state index contributed by atoms with van der Waals surface area (Å²) in [4.78, 5) is 0. The van der Waals surface area contributed by atoms with Crippen molar-refractivity contribution in [2.24, 2.45) is 0 Å². The van der Waals surface area contributed by atoms with Crippen molar-refractivity contribution in [3.8, 4) is 17.3 Å². The standard InChI is InChI=1S/C19H12F3N3OS/c20-13-4-6-14(7-5-13)25-18(17-2-1-9-26-17)23-24-19(25)27-11-12-3-8-15(21)16(22)10-12/h1-10H,11H2. The van der Waals surface area contributed by atoms with Crippen molar-refractivity contribution in [2.75, 3.05) is 0 Å². The smallest absolute Gasteiger partial charge is 0.205 e. The van der Waals surface area contributed by atoms with E-state index in [-0.39, 0.29) is 5.82 Å². The molecule has 8 heteroatoms. The lowest BCUT2D eigenvalue weighted by Gasteiger charge is -2.09. The van der Waals surface area contributed by atoms with Gasteiger partial charge in [0.25, 0.3) is 0 Å². The van der Waals surface area contributed by atoms with Crippen LogP contribution in [0.5, 0.6) is 0 Å². The highest BCUT2D eigenvalue weighted by molar-refractivity contribution is 7.98. The number of aromatic nitrogens is 3. The Hall–Kier alpha value is -3.00. The summed E-state index contributed by atoms with van der Waals surface area (Å²) in [6, 6.07) is 13.1. The van der Waals surface area contributed by atoms with Crippen LogP contribution in [0.4, 0.5) is 13.2 Å². The molecule has 0 unspecified atom stereocenters. The van der Waals surface area contributed by atoms with Crippen molar-refractivity contribution in [3.63, 3.8) is 0 Å². The second kappa shape index (κ2) is 7.32. The van der Waals surface area contributed by atoms with Gasteiger partial charge in [-0.05, 0) is 54.1 Å². The summed E-state index contributed by atoms with van der Waals surface area (Å²) in [6.45, 7) is 0. The van der Waals surface area contributed by atoms with E-state index >= 15 is 0 Å². The Kier molecular flexibility index (Phi) is 4.72. The van der Waals surface area contributed by atoms with Gasteiger partial charge in [0.05, 0.1) is 12.0 Å². The molecule has 0 aliphatic carbocycles. The quantitative estimate of drug-likeness (QED) is 0.440. The predicted molar refractivity (Wildman–Crippen MR) is 94.9 cm³/mol. The van der Waals surface area contributed by atoms with Crippen LogP contribution < -0.4 is 0 Å². The molecule has 0 bridgehead atoms. The molecule has 4 aromatic rings. The topological polar surface area (TPSA) is 43.9 Å². The number of benzene rings is 2. The Morgan fingerprint density at radius 2 is 1.74 bits per heavy atom. The fourth-order valence-electron chi connectivity index (χ4n) is 2.53. The van der Waals surface area contributed by atoms with E-state index in [2.05, 4.69) is 10.2 Å². The number of rotatable bonds is 5. The van der Waals surface area contributed by atoms with Gasteiger partial charge in [-0.25, -0.2) is 13.2 Å². The molecule has 4 nitrogen and oxygen atoms in total. The molecule has 0 amide bonds. The van der Waals surface area contributed by atoms with Gasteiger partial charge in [0.1, 0.15) is 5.82 Å². The van der Waals surface area contributed by atoms with Crippen molar-refractivity contribution >= 4 is 11.8 Å². The summed E-state index contributed by atoms with van der Waals surface area (Å²) >= 11 is 1.30. The van der Waals surface area contributed by atoms with Gasteiger partial charge >= 0.3 is 0 Å². The molecule has 0 spiro atoms. The molecule has 0 saturated carbocycles. The van der Waals surface area contributed by atoms with E-state index in [0.717, 1.165) is 12.1 Å². The minimum atomic E-state index is -0.899. The second-order valence-corrected chi connectivity index (χ2v) is 6.57. The van der Waals surface area contributed by atoms with Crippen LogP contribution in [0.1, 0.15) is 5.56 Å². The molecule has 136 valence electrons. The number of nitrogens with zero attached hydrogens (tertiary/aromatic N) is 3. The first-order chi connectivity index (χ1) is 13.1. The van der Waals surface area contributed by atoms with Crippen molar-refractivity contribution in [1.82, 2.24) is 14.8 Å². The minimum absolute atomic E-state index is 0.356. The maximum atomic E-state index is 13.4. The van der Waals surface area contributed by atoms with Crippen molar-refractivity contribution < 1.29 is 17.6 Å². The molecule has 0 radical (unpaired) electrons. The van der Waals surface area contributed by atoms with E-state index in [1.165, 1.54) is 36.2 Å². The zero-order valence-corrected chi connectivity index (χ0v) is 14.6. The fraction of sp³-hybridized carbons (Fsp3) is 0.0526. The molecule has 2 heterocycles. The molecule has 0 N–H and O–H groups in total. The monoisotopic (exact) mass is 387 g/mol. The summed E-state index contributed by atoms with van der Waals surface area (Å²) < 4.78 is 47.0. The first-order valence-corrected chi connectivity index (χ1v) is 8.92. The largest absolute Gasteiger partial charge is 0.461 e. The van der Waals surface area contributed by atoms with Gasteiger partial charge in [-0.15, -0.1) is 10.2 Å². The summed E-state index contributed by atoms with van der Waals surface area (Å²) in [5, 5.41) is 8.86. The number of halogens is 3. The third kappa shape index (κ3) is 3.61. The molecule has 27 heavy (non-hydrogen) atoms. The summed E-state index contributed by atoms with van der Waals surface area (Å²) in [7, 11) is 0. The average molecular weight is 387 g/mol. The van der Waals surface area contributed by atoms with E-state index in [1.807, 2.05) is 0 Å². The molecule has 0 aliphatic rings. The Morgan fingerprint density at radius 1 is 0.926 bits per heavy atom. The van der Waals surface area contributed by atoms with Gasteiger partial charge in [0.15, 0.2) is 22.6 Å². The second-order valence-electron chi connectivity index (χ2n) is 5.63. The molecule has 2 aromatic heterocycles. The van der Waals surface area contributed by atoms with Crippen LogP contribution in [0, 0.1) is 17.5 Å². The number of furan rings is 1. The van der Waals surface area contributed by atoms with Crippen LogP contribution in [0.25, 0.3) is 17.3 Å². The van der Waals surface area contributed by atoms with Crippen LogP contribution in [0.15, 0.2) is 70.4 Å². The lowest BCUT2D eigenvalue weighted by atomic mass is 10.2. The predicted octanol–water partition coefficient (Wildman–Crippen LogP) is 5.24. The van der Waals surface area contributed by atoms with Crippen LogP contribution in [0.3, 0.4) is 0 Å². The molecule has 4 rings (SSSR count). The van der Waals surface area contributed by atoms with E-state index in [0.29, 0.717) is 33.7 Å². The maximum Gasteiger partial charge on any atom is 0.205 e. The third-order valence-electron chi connectivity index (χ3n) is 3.81. The number of thioether (sulfide) groups is 1. The third-order valence-corrected chi connectivity index (χ3v) is 4.81. The SMILES string of the molecule is Fc1ccc(-n2c(SCc3ccc(F)c(F)c3)nnc2-c2ccco2)cc1. The first-order valence-electron chi connectivity index (χ1n) is 7.94. The zero-order valence-electron chi connectivity index (χ0n) is 13.8. The normalized spacial score (nSPS) is 11.1. The van der Waals surface area contributed by atoms with E-state index in [1.54, 1.807) is 28.8 Å². The van der Waals surface area contributed by atoms with Crippen molar-refractivity contribution in [3.05, 3.63) is 83.9 Å². The lowest BCUT2D eigenvalue weighted by molar-refractivity contribution is 0.507. The molecule has 0 fully saturated rings. The molecule has 2 aromatic carbocycles. The van der Waals surface area contributed by atoms with Gasteiger partial charge < -0.3 is 4.42 Å². The average Bonchev–Trinajstić information content (AvgIpc) is 3.33. The van der Waals surface area contributed by atoms with Gasteiger partial charge in [0.2, 0.25) is 5.82 Å². The van der Waals surface area contributed by atoms with Crippen molar-refractivity contribution in [2.45, 2.75) is 10.9 Å². The highest BCUT2D eigenvalue weighted by atomic mass is 32.2. The molecule has 0 atom stereocenters. The van der Waals surface area contributed by atoms with Gasteiger partial charge in [-0.2, -0.15) is 0 Å². The Balaban J connectivity index is 1.69. The molecule has 0 aliphatic heterocycles. The number of hydrogen-bond donors (Lipinski definition) is 0. The maximum absolute atomic E-state index is 13.4. The van der Waals surface area contributed by atoms with Crippen LogP contribution in [-0.4, -0.2) is 14.8 Å². The Bertz CT molecular complexity index is 1060. The highest BCUT2D eigenvalue weighted by Crippen LogP contribution is 2.30. The van der Waals surface area contributed by atoms with E-state index in [4.69, 9.17) is 4.42 Å². The number of hydrogen-bond acceptors (Lipinski definition) is 4. The van der Waals surface area contributed by atoms with Gasteiger partial charge in [-0.1, -0.05) is 17.8 Å². The highest BCUT2D eigenvalue weighted by Gasteiger charge is 2.18. The Labute approximate surface area is 156 Å². The van der Waals surface area contributed by atoms with Crippen LogP contribution in [-0.2, 0) is 5.75 Å². The first kappa shape index (κ1) is 17.4. The summed E-state index contributed by atoms with van der Waals surface area (Å²) in [5.41, 5.74) is 1.26. The van der Waals surface area contributed by atoms with Crippen LogP contribution in [0.2, 0.25) is 0 Å². The van der Waals surface area contributed by atoms with Crippen molar-refractivity contribution in [1.29, 1.82) is 0 Å². The molecular weight excluding hydrogens is 375 g/mol. The molecular formula is C19H12F3N3OS. The van der Waals surface area contributed by atoms with Gasteiger partial charge in [0, 0.05) is 5.75 Å².